The SMILES string of the molecule is COc1ccc([C@H](c2sc3nc(C)nn3c2O)N2C[C@@H](C)O[C@@H](C)C2)cc1. The molecule has 2 aromatic heterocycles. The van der Waals surface area contributed by atoms with Crippen LogP contribution in [-0.4, -0.2) is 57.0 Å². The van der Waals surface area contributed by atoms with Gasteiger partial charge in [0.2, 0.25) is 10.8 Å². The van der Waals surface area contributed by atoms with E-state index in [2.05, 4.69) is 41.0 Å². The maximum absolute atomic E-state index is 10.9. The number of thiazole rings is 1. The number of nitrogens with zero attached hydrogens (tertiary/aromatic N) is 4. The normalized spacial score (nSPS) is 22.2. The monoisotopic (exact) mass is 388 g/mol. The Labute approximate surface area is 162 Å². The van der Waals surface area contributed by atoms with Gasteiger partial charge in [0.15, 0.2) is 0 Å². The molecule has 3 atom stereocenters. The molecule has 1 saturated heterocycles. The van der Waals surface area contributed by atoms with Gasteiger partial charge < -0.3 is 14.6 Å². The van der Waals surface area contributed by atoms with Crippen molar-refractivity contribution in [3.63, 3.8) is 0 Å². The lowest BCUT2D eigenvalue weighted by molar-refractivity contribution is -0.0764. The van der Waals surface area contributed by atoms with Crippen molar-refractivity contribution >= 4 is 16.3 Å². The summed E-state index contributed by atoms with van der Waals surface area (Å²) in [5.41, 5.74) is 1.09. The lowest BCUT2D eigenvalue weighted by atomic mass is 10.0. The molecular weight excluding hydrogens is 364 g/mol. The van der Waals surface area contributed by atoms with Gasteiger partial charge >= 0.3 is 0 Å². The summed E-state index contributed by atoms with van der Waals surface area (Å²) < 4.78 is 12.7. The molecule has 0 spiro atoms. The number of aromatic nitrogens is 3. The van der Waals surface area contributed by atoms with Crippen molar-refractivity contribution in [2.24, 2.45) is 0 Å². The predicted octanol–water partition coefficient (Wildman–Crippen LogP) is 3.01. The number of morpholine rings is 1. The predicted molar refractivity (Wildman–Crippen MR) is 104 cm³/mol. The Morgan fingerprint density at radius 1 is 1.22 bits per heavy atom. The maximum Gasteiger partial charge on any atom is 0.230 e. The van der Waals surface area contributed by atoms with Crippen molar-refractivity contribution in [2.45, 2.75) is 39.0 Å². The largest absolute Gasteiger partial charge is 0.497 e. The quantitative estimate of drug-likeness (QED) is 0.741. The van der Waals surface area contributed by atoms with Crippen LogP contribution in [0.2, 0.25) is 0 Å². The Bertz CT molecular complexity index is 926. The summed E-state index contributed by atoms with van der Waals surface area (Å²) >= 11 is 1.48. The first-order valence-electron chi connectivity index (χ1n) is 9.04. The second kappa shape index (κ2) is 7.10. The molecule has 3 heterocycles. The molecule has 0 radical (unpaired) electrons. The highest BCUT2D eigenvalue weighted by atomic mass is 32.1. The number of rotatable bonds is 4. The minimum atomic E-state index is -0.0986. The first-order valence-corrected chi connectivity index (χ1v) is 9.86. The lowest BCUT2D eigenvalue weighted by Gasteiger charge is -2.40. The minimum Gasteiger partial charge on any atom is -0.497 e. The highest BCUT2D eigenvalue weighted by Crippen LogP contribution is 2.41. The third kappa shape index (κ3) is 3.40. The molecular formula is C19H24N4O3S. The fourth-order valence-corrected chi connectivity index (χ4v) is 4.93. The summed E-state index contributed by atoms with van der Waals surface area (Å²) in [5.74, 6) is 1.62. The summed E-state index contributed by atoms with van der Waals surface area (Å²) in [6.07, 6.45) is 0.252. The molecule has 1 aliphatic heterocycles. The van der Waals surface area contributed by atoms with E-state index >= 15 is 0 Å². The van der Waals surface area contributed by atoms with Gasteiger partial charge in [-0.1, -0.05) is 23.5 Å². The molecule has 0 aliphatic carbocycles. The average Bonchev–Trinajstić information content (AvgIpc) is 3.13. The van der Waals surface area contributed by atoms with Crippen molar-refractivity contribution in [3.05, 3.63) is 40.5 Å². The number of aryl methyl sites for hydroxylation is 1. The maximum atomic E-state index is 10.9. The molecule has 0 amide bonds. The minimum absolute atomic E-state index is 0.0986. The molecule has 4 rings (SSSR count). The summed E-state index contributed by atoms with van der Waals surface area (Å²) in [7, 11) is 1.66. The number of hydrogen-bond acceptors (Lipinski definition) is 7. The molecule has 0 unspecified atom stereocenters. The smallest absolute Gasteiger partial charge is 0.230 e. The van der Waals surface area contributed by atoms with Crippen molar-refractivity contribution < 1.29 is 14.6 Å². The van der Waals surface area contributed by atoms with E-state index in [1.807, 2.05) is 19.1 Å². The standard InChI is InChI=1S/C19H24N4O3S/c1-11-9-22(10-12(2)26-11)16(14-5-7-15(25-4)8-6-14)17-18(24)23-19(27-17)20-13(3)21-23/h5-8,11-12,16,24H,9-10H2,1-4H3/t11-,12+,16-/m1/s1. The van der Waals surface area contributed by atoms with Gasteiger partial charge in [-0.05, 0) is 38.5 Å². The van der Waals surface area contributed by atoms with E-state index in [9.17, 15) is 5.11 Å². The molecule has 7 nitrogen and oxygen atoms in total. The highest BCUT2D eigenvalue weighted by Gasteiger charge is 2.34. The van der Waals surface area contributed by atoms with E-state index in [1.165, 1.54) is 15.9 Å². The van der Waals surface area contributed by atoms with Gasteiger partial charge in [-0.25, -0.2) is 4.98 Å². The van der Waals surface area contributed by atoms with Crippen LogP contribution in [0.25, 0.3) is 4.96 Å². The topological polar surface area (TPSA) is 72.1 Å². The third-order valence-corrected chi connectivity index (χ3v) is 5.87. The van der Waals surface area contributed by atoms with E-state index in [0.29, 0.717) is 10.8 Å². The first kappa shape index (κ1) is 18.2. The number of ether oxygens (including phenoxy) is 2. The Hall–Kier alpha value is -2.16. The Kier molecular flexibility index (Phi) is 4.79. The molecule has 8 heteroatoms. The van der Waals surface area contributed by atoms with Gasteiger partial charge in [-0.2, -0.15) is 4.52 Å². The van der Waals surface area contributed by atoms with E-state index in [-0.39, 0.29) is 24.1 Å². The zero-order valence-electron chi connectivity index (χ0n) is 15.9. The van der Waals surface area contributed by atoms with Crippen molar-refractivity contribution in [2.75, 3.05) is 20.2 Å². The van der Waals surface area contributed by atoms with Crippen LogP contribution in [0.1, 0.15) is 36.2 Å². The fourth-order valence-electron chi connectivity index (χ4n) is 3.77. The molecule has 0 saturated carbocycles. The van der Waals surface area contributed by atoms with Crippen LogP contribution in [0.3, 0.4) is 0 Å². The fraction of sp³-hybridized carbons (Fsp3) is 0.474. The van der Waals surface area contributed by atoms with Gasteiger partial charge in [0.05, 0.1) is 30.2 Å². The zero-order chi connectivity index (χ0) is 19.1. The molecule has 1 aliphatic rings. The van der Waals surface area contributed by atoms with Crippen molar-refractivity contribution in [1.82, 2.24) is 19.5 Å². The Morgan fingerprint density at radius 3 is 2.48 bits per heavy atom. The van der Waals surface area contributed by atoms with E-state index in [4.69, 9.17) is 9.47 Å². The number of aromatic hydroxyl groups is 1. The third-order valence-electron chi connectivity index (χ3n) is 4.80. The average molecular weight is 388 g/mol. The summed E-state index contributed by atoms with van der Waals surface area (Å²) in [6, 6.07) is 7.91. The van der Waals surface area contributed by atoms with Gasteiger partial charge in [0.1, 0.15) is 11.6 Å². The van der Waals surface area contributed by atoms with Crippen LogP contribution in [-0.2, 0) is 4.74 Å². The number of hydrogen-bond donors (Lipinski definition) is 1. The number of methoxy groups -OCH3 is 1. The first-order chi connectivity index (χ1) is 13.0. The molecule has 27 heavy (non-hydrogen) atoms. The van der Waals surface area contributed by atoms with Gasteiger partial charge in [0.25, 0.3) is 0 Å². The van der Waals surface area contributed by atoms with Crippen LogP contribution in [0.5, 0.6) is 11.6 Å². The molecule has 1 N–H and O–H groups in total. The molecule has 0 bridgehead atoms. The van der Waals surface area contributed by atoms with Crippen molar-refractivity contribution in [1.29, 1.82) is 0 Å². The van der Waals surface area contributed by atoms with Gasteiger partial charge in [0, 0.05) is 13.1 Å². The second-order valence-electron chi connectivity index (χ2n) is 7.03. The Balaban J connectivity index is 1.80. The van der Waals surface area contributed by atoms with Crippen LogP contribution >= 0.6 is 11.3 Å². The zero-order valence-corrected chi connectivity index (χ0v) is 16.7. The van der Waals surface area contributed by atoms with Crippen LogP contribution < -0.4 is 4.74 Å². The highest BCUT2D eigenvalue weighted by molar-refractivity contribution is 7.17. The van der Waals surface area contributed by atoms with E-state index in [0.717, 1.165) is 29.3 Å². The summed E-state index contributed by atoms with van der Waals surface area (Å²) in [6.45, 7) is 7.56. The Morgan fingerprint density at radius 2 is 1.89 bits per heavy atom. The summed E-state index contributed by atoms with van der Waals surface area (Å²) in [5, 5.41) is 15.2. The van der Waals surface area contributed by atoms with Crippen molar-refractivity contribution in [3.8, 4) is 11.6 Å². The molecule has 1 aromatic carbocycles. The summed E-state index contributed by atoms with van der Waals surface area (Å²) in [4.78, 5) is 8.33. The van der Waals surface area contributed by atoms with E-state index < -0.39 is 0 Å². The van der Waals surface area contributed by atoms with Gasteiger partial charge in [-0.15, -0.1) is 5.10 Å². The molecule has 3 aromatic rings. The number of fused-ring (bicyclic) bond motifs is 1. The van der Waals surface area contributed by atoms with E-state index in [1.54, 1.807) is 7.11 Å². The number of benzene rings is 1. The van der Waals surface area contributed by atoms with Crippen LogP contribution in [0, 0.1) is 6.92 Å². The van der Waals surface area contributed by atoms with Crippen LogP contribution in [0.15, 0.2) is 24.3 Å². The molecule has 1 fully saturated rings. The lowest BCUT2D eigenvalue weighted by Crippen LogP contribution is -2.47. The second-order valence-corrected chi connectivity index (χ2v) is 8.04. The van der Waals surface area contributed by atoms with Crippen LogP contribution in [0.4, 0.5) is 0 Å². The molecule has 144 valence electrons. The van der Waals surface area contributed by atoms with Gasteiger partial charge in [-0.3, -0.25) is 4.90 Å².